The van der Waals surface area contributed by atoms with Gasteiger partial charge in [0.05, 0.1) is 5.70 Å². The van der Waals surface area contributed by atoms with E-state index in [-0.39, 0.29) is 5.70 Å². The minimum atomic E-state index is -1.13. The summed E-state index contributed by atoms with van der Waals surface area (Å²) in [6, 6.07) is 0. The van der Waals surface area contributed by atoms with E-state index in [4.69, 9.17) is 11.1 Å². The molecule has 0 saturated heterocycles. The van der Waals surface area contributed by atoms with Crippen molar-refractivity contribution in [3.05, 3.63) is 32.7 Å². The second-order valence-electron chi connectivity index (χ2n) is 1.75. The molecule has 60 valence electrons. The topological polar surface area (TPSA) is 124 Å². The standard InChI is InChI=1S/C4H2N6O2/c5-9-7-2-1-3(11)12-4(2)8-10-6/h1,4H. The highest BCUT2D eigenvalue weighted by molar-refractivity contribution is 5.85. The Hall–Kier alpha value is -2.17. The van der Waals surface area contributed by atoms with Crippen molar-refractivity contribution in [3.63, 3.8) is 0 Å². The number of ether oxygens (including phenoxy) is 1. The summed E-state index contributed by atoms with van der Waals surface area (Å²) < 4.78 is 4.45. The lowest BCUT2D eigenvalue weighted by atomic mass is 10.4. The number of esters is 1. The fourth-order valence-electron chi connectivity index (χ4n) is 0.656. The SMILES string of the molecule is [N-]=[N+]=NC1=CC(=O)OC1N=[N+]=[N-]. The molecule has 1 aliphatic rings. The molecular formula is C4H2N6O2. The van der Waals surface area contributed by atoms with Gasteiger partial charge in [-0.25, -0.2) is 4.79 Å². The van der Waals surface area contributed by atoms with Gasteiger partial charge in [0, 0.05) is 15.9 Å². The van der Waals surface area contributed by atoms with E-state index in [1.807, 2.05) is 0 Å². The molecule has 8 nitrogen and oxygen atoms in total. The summed E-state index contributed by atoms with van der Waals surface area (Å²) in [5, 5.41) is 6.18. The van der Waals surface area contributed by atoms with E-state index in [9.17, 15) is 4.79 Å². The predicted octanol–water partition coefficient (Wildman–Crippen LogP) is 1.37. The van der Waals surface area contributed by atoms with Gasteiger partial charge in [-0.3, -0.25) is 0 Å². The number of nitrogens with zero attached hydrogens (tertiary/aromatic N) is 6. The lowest BCUT2D eigenvalue weighted by molar-refractivity contribution is -0.138. The summed E-state index contributed by atoms with van der Waals surface area (Å²) in [6.07, 6.45) is -0.155. The average molecular weight is 166 g/mol. The van der Waals surface area contributed by atoms with Crippen LogP contribution in [-0.2, 0) is 9.53 Å². The first-order valence-electron chi connectivity index (χ1n) is 2.79. The summed E-state index contributed by atoms with van der Waals surface area (Å²) in [5.74, 6) is -0.685. The summed E-state index contributed by atoms with van der Waals surface area (Å²) in [5.41, 5.74) is 16.0. The van der Waals surface area contributed by atoms with Crippen molar-refractivity contribution in [3.8, 4) is 0 Å². The van der Waals surface area contributed by atoms with Gasteiger partial charge in [-0.1, -0.05) is 5.11 Å². The second kappa shape index (κ2) is 3.29. The maximum absolute atomic E-state index is 10.5. The number of hydrogen-bond acceptors (Lipinski definition) is 4. The van der Waals surface area contributed by atoms with Crippen molar-refractivity contribution in [1.82, 2.24) is 0 Å². The van der Waals surface area contributed by atoms with E-state index in [1.54, 1.807) is 0 Å². The summed E-state index contributed by atoms with van der Waals surface area (Å²) in [7, 11) is 0. The van der Waals surface area contributed by atoms with Crippen LogP contribution in [-0.4, -0.2) is 12.2 Å². The van der Waals surface area contributed by atoms with Crippen LogP contribution in [0.5, 0.6) is 0 Å². The Balaban J connectivity index is 2.93. The van der Waals surface area contributed by atoms with Crippen LogP contribution < -0.4 is 0 Å². The molecule has 1 heterocycles. The first-order valence-corrected chi connectivity index (χ1v) is 2.79. The third-order valence-electron chi connectivity index (χ3n) is 1.06. The van der Waals surface area contributed by atoms with Gasteiger partial charge in [-0.2, -0.15) is 0 Å². The van der Waals surface area contributed by atoms with Crippen LogP contribution in [0.25, 0.3) is 20.9 Å². The Labute approximate surface area is 65.7 Å². The maximum atomic E-state index is 10.5. The Morgan fingerprint density at radius 2 is 2.25 bits per heavy atom. The molecular weight excluding hydrogens is 164 g/mol. The molecule has 0 aromatic heterocycles. The molecule has 1 unspecified atom stereocenters. The molecule has 0 aliphatic carbocycles. The summed E-state index contributed by atoms with van der Waals surface area (Å²) in [4.78, 5) is 15.4. The van der Waals surface area contributed by atoms with Gasteiger partial charge >= 0.3 is 5.97 Å². The molecule has 0 bridgehead atoms. The van der Waals surface area contributed by atoms with Crippen LogP contribution in [0.3, 0.4) is 0 Å². The molecule has 1 aliphatic heterocycles. The van der Waals surface area contributed by atoms with Crippen molar-refractivity contribution in [1.29, 1.82) is 0 Å². The van der Waals surface area contributed by atoms with Gasteiger partial charge in [0.15, 0.2) is 0 Å². The molecule has 0 fully saturated rings. The van der Waals surface area contributed by atoms with Gasteiger partial charge in [-0.05, 0) is 16.2 Å². The average Bonchev–Trinajstić information content (AvgIpc) is 2.33. The van der Waals surface area contributed by atoms with E-state index in [1.165, 1.54) is 0 Å². The van der Waals surface area contributed by atoms with Crippen molar-refractivity contribution in [2.45, 2.75) is 6.23 Å². The smallest absolute Gasteiger partial charge is 0.331 e. The van der Waals surface area contributed by atoms with Crippen LogP contribution in [0, 0.1) is 0 Å². The number of cyclic esters (lactones) is 1. The zero-order valence-electron chi connectivity index (χ0n) is 5.65. The monoisotopic (exact) mass is 166 g/mol. The van der Waals surface area contributed by atoms with Crippen LogP contribution in [0.2, 0.25) is 0 Å². The zero-order valence-corrected chi connectivity index (χ0v) is 5.65. The lowest BCUT2D eigenvalue weighted by Crippen LogP contribution is -2.05. The highest BCUT2D eigenvalue weighted by Crippen LogP contribution is 2.17. The molecule has 1 atom stereocenters. The van der Waals surface area contributed by atoms with Gasteiger partial charge in [-0.15, -0.1) is 0 Å². The Kier molecular flexibility index (Phi) is 2.17. The fourth-order valence-corrected chi connectivity index (χ4v) is 0.656. The van der Waals surface area contributed by atoms with E-state index in [0.29, 0.717) is 0 Å². The van der Waals surface area contributed by atoms with Crippen LogP contribution >= 0.6 is 0 Å². The van der Waals surface area contributed by atoms with Gasteiger partial charge < -0.3 is 4.74 Å². The number of rotatable bonds is 2. The van der Waals surface area contributed by atoms with Crippen LogP contribution in [0.4, 0.5) is 0 Å². The molecule has 12 heavy (non-hydrogen) atoms. The zero-order chi connectivity index (χ0) is 8.97. The highest BCUT2D eigenvalue weighted by Gasteiger charge is 2.23. The van der Waals surface area contributed by atoms with Crippen molar-refractivity contribution >= 4 is 5.97 Å². The molecule has 0 radical (unpaired) electrons. The number of carbonyl (C=O) groups excluding carboxylic acids is 1. The van der Waals surface area contributed by atoms with E-state index in [2.05, 4.69) is 24.8 Å². The molecule has 0 saturated carbocycles. The molecule has 0 aromatic rings. The molecule has 0 spiro atoms. The summed E-state index contributed by atoms with van der Waals surface area (Å²) >= 11 is 0. The van der Waals surface area contributed by atoms with Gasteiger partial charge in [0.25, 0.3) is 0 Å². The summed E-state index contributed by atoms with van der Waals surface area (Å²) in [6.45, 7) is 0. The first kappa shape index (κ1) is 7.93. The van der Waals surface area contributed by atoms with Crippen LogP contribution in [0.15, 0.2) is 22.0 Å². The van der Waals surface area contributed by atoms with Crippen molar-refractivity contribution in [2.24, 2.45) is 10.2 Å². The van der Waals surface area contributed by atoms with Gasteiger partial charge in [0.1, 0.15) is 0 Å². The van der Waals surface area contributed by atoms with Crippen molar-refractivity contribution in [2.75, 3.05) is 0 Å². The molecule has 0 amide bonds. The second-order valence-corrected chi connectivity index (χ2v) is 1.75. The first-order chi connectivity index (χ1) is 5.77. The lowest BCUT2D eigenvalue weighted by Gasteiger charge is -2.00. The quantitative estimate of drug-likeness (QED) is 0.266. The predicted molar refractivity (Wildman–Crippen MR) is 36.3 cm³/mol. The van der Waals surface area contributed by atoms with E-state index >= 15 is 0 Å². The number of carbonyl (C=O) groups is 1. The van der Waals surface area contributed by atoms with Gasteiger partial charge in [0.2, 0.25) is 6.23 Å². The molecule has 0 N–H and O–H groups in total. The Morgan fingerprint density at radius 3 is 2.83 bits per heavy atom. The molecule has 0 aromatic carbocycles. The number of hydrogen-bond donors (Lipinski definition) is 0. The van der Waals surface area contributed by atoms with E-state index in [0.717, 1.165) is 6.08 Å². The normalized spacial score (nSPS) is 20.2. The third-order valence-corrected chi connectivity index (χ3v) is 1.06. The van der Waals surface area contributed by atoms with Crippen LogP contribution in [0.1, 0.15) is 0 Å². The molecule has 1 rings (SSSR count). The van der Waals surface area contributed by atoms with Crippen molar-refractivity contribution < 1.29 is 9.53 Å². The third kappa shape index (κ3) is 1.46. The largest absolute Gasteiger partial charge is 0.448 e. The highest BCUT2D eigenvalue weighted by atomic mass is 16.6. The molecule has 8 heteroatoms. The maximum Gasteiger partial charge on any atom is 0.331 e. The van der Waals surface area contributed by atoms with E-state index < -0.39 is 12.2 Å². The minimum Gasteiger partial charge on any atom is -0.448 e. The minimum absolute atomic E-state index is 0.0275. The Bertz CT molecular complexity index is 333. The Morgan fingerprint density at radius 1 is 1.50 bits per heavy atom. The fraction of sp³-hybridized carbons (Fsp3) is 0.250. The number of azide groups is 2.